The van der Waals surface area contributed by atoms with E-state index in [2.05, 4.69) is 385 Å². The minimum absolute atomic E-state index is 0.0878. The molecular weight excluding hydrogens is 1510 g/mol. The van der Waals surface area contributed by atoms with Crippen molar-refractivity contribution in [2.75, 3.05) is 0 Å². The predicted molar refractivity (Wildman–Crippen MR) is 508 cm³/mol. The highest BCUT2D eigenvalue weighted by Crippen LogP contribution is 2.51. The lowest BCUT2D eigenvalue weighted by Gasteiger charge is -2.22. The Bertz CT molecular complexity index is 8580. The Hall–Kier alpha value is -15.8. The topological polar surface area (TPSA) is 105 Å². The van der Waals surface area contributed by atoms with Crippen molar-refractivity contribution in [3.05, 3.63) is 393 Å². The van der Waals surface area contributed by atoms with Gasteiger partial charge in [-0.15, -0.1) is 11.3 Å². The van der Waals surface area contributed by atoms with Gasteiger partial charge in [0.2, 0.25) is 0 Å². The summed E-state index contributed by atoms with van der Waals surface area (Å²) >= 11 is 1.82. The maximum atomic E-state index is 6.20. The van der Waals surface area contributed by atoms with E-state index in [1.54, 1.807) is 0 Å². The summed E-state index contributed by atoms with van der Waals surface area (Å²) in [6, 6.07) is 135. The number of nitrogens with zero attached hydrogens (tertiary/aromatic N) is 9. The van der Waals surface area contributed by atoms with Crippen molar-refractivity contribution >= 4 is 184 Å². The van der Waals surface area contributed by atoms with Crippen LogP contribution in [0.15, 0.2) is 387 Å². The lowest BCUT2D eigenvalue weighted by atomic mass is 9.82. The summed E-state index contributed by atoms with van der Waals surface area (Å²) in [5.41, 5.74) is 19.5. The van der Waals surface area contributed by atoms with Gasteiger partial charge in [-0.2, -0.15) is 0 Å². The van der Waals surface area contributed by atoms with Crippen LogP contribution in [0, 0.1) is 0 Å². The number of rotatable bonds is 6. The van der Waals surface area contributed by atoms with Crippen LogP contribution < -0.4 is 0 Å². The number of para-hydroxylation sites is 7. The van der Waals surface area contributed by atoms with Gasteiger partial charge in [-0.25, -0.2) is 29.9 Å². The van der Waals surface area contributed by atoms with Gasteiger partial charge in [-0.3, -0.25) is 13.7 Å². The van der Waals surface area contributed by atoms with Crippen molar-refractivity contribution in [2.24, 2.45) is 0 Å². The number of thiophene rings is 1. The van der Waals surface area contributed by atoms with Gasteiger partial charge >= 0.3 is 0 Å². The van der Waals surface area contributed by atoms with E-state index in [0.29, 0.717) is 5.82 Å². The van der Waals surface area contributed by atoms with E-state index >= 15 is 0 Å². The van der Waals surface area contributed by atoms with Crippen molar-refractivity contribution in [2.45, 2.75) is 19.3 Å². The average Bonchev–Trinajstić information content (AvgIpc) is 1.54. The molecule has 0 atom stereocenters. The van der Waals surface area contributed by atoms with Crippen LogP contribution in [-0.2, 0) is 5.41 Å². The summed E-state index contributed by atoms with van der Waals surface area (Å²) in [7, 11) is 0. The van der Waals surface area contributed by atoms with E-state index in [4.69, 9.17) is 34.3 Å². The molecule has 8 heterocycles. The second kappa shape index (κ2) is 27.1. The Morgan fingerprint density at radius 2 is 0.574 bits per heavy atom. The van der Waals surface area contributed by atoms with Gasteiger partial charge in [0.1, 0.15) is 28.6 Å². The van der Waals surface area contributed by atoms with Crippen LogP contribution in [0.2, 0.25) is 0 Å². The lowest BCUT2D eigenvalue weighted by molar-refractivity contribution is 0.660. The van der Waals surface area contributed by atoms with E-state index in [0.717, 1.165) is 134 Å². The fourth-order valence-corrected chi connectivity index (χ4v) is 20.4. The molecule has 1 aliphatic carbocycles. The third-order valence-electron chi connectivity index (χ3n) is 25.1. The Kier molecular flexibility index (Phi) is 15.4. The third kappa shape index (κ3) is 10.9. The molecule has 0 amide bonds. The van der Waals surface area contributed by atoms with Crippen LogP contribution in [-0.4, -0.2) is 43.6 Å². The molecule has 0 saturated carbocycles. The number of hydrogen-bond donors (Lipinski definition) is 0. The highest BCUT2D eigenvalue weighted by atomic mass is 32.1. The molecule has 570 valence electrons. The summed E-state index contributed by atoms with van der Waals surface area (Å²) in [6.45, 7) is 4.63. The number of furan rings is 1. The van der Waals surface area contributed by atoms with E-state index in [-0.39, 0.29) is 5.41 Å². The zero-order valence-electron chi connectivity index (χ0n) is 66.2. The van der Waals surface area contributed by atoms with E-state index in [1.165, 1.54) is 107 Å². The van der Waals surface area contributed by atoms with E-state index in [9.17, 15) is 0 Å². The molecule has 27 rings (SSSR count). The summed E-state index contributed by atoms with van der Waals surface area (Å²) < 4.78 is 15.7. The van der Waals surface area contributed by atoms with Gasteiger partial charge in [0.25, 0.3) is 0 Å². The van der Waals surface area contributed by atoms with Crippen LogP contribution in [0.4, 0.5) is 0 Å². The molecule has 122 heavy (non-hydrogen) atoms. The second-order valence-electron chi connectivity index (χ2n) is 32.4. The smallest absolute Gasteiger partial charge is 0.162 e. The number of hydrogen-bond acceptors (Lipinski definition) is 8. The third-order valence-corrected chi connectivity index (χ3v) is 26.3. The first-order valence-electron chi connectivity index (χ1n) is 41.4. The molecule has 8 aromatic heterocycles. The maximum absolute atomic E-state index is 6.20. The van der Waals surface area contributed by atoms with Crippen molar-refractivity contribution in [3.8, 4) is 62.7 Å². The Morgan fingerprint density at radius 1 is 0.230 bits per heavy atom. The fraction of sp³-hybridized carbons (Fsp3) is 0.0270. The zero-order chi connectivity index (χ0) is 80.4. The second-order valence-corrected chi connectivity index (χ2v) is 33.5. The molecule has 0 aliphatic heterocycles. The molecule has 0 saturated heterocycles. The van der Waals surface area contributed by atoms with Crippen molar-refractivity contribution in [3.63, 3.8) is 0 Å². The first kappa shape index (κ1) is 69.3. The summed E-state index contributed by atoms with van der Waals surface area (Å²) in [5.74, 6) is 4.82. The van der Waals surface area contributed by atoms with Crippen molar-refractivity contribution in [1.29, 1.82) is 0 Å². The van der Waals surface area contributed by atoms with Gasteiger partial charge in [-0.1, -0.05) is 269 Å². The van der Waals surface area contributed by atoms with Gasteiger partial charge in [0.05, 0.1) is 49.7 Å². The average molecular weight is 1580 g/mol. The van der Waals surface area contributed by atoms with Crippen LogP contribution in [0.25, 0.3) is 235 Å². The Balaban J connectivity index is 0.000000101. The largest absolute Gasteiger partial charge is 0.456 e. The van der Waals surface area contributed by atoms with E-state index in [1.807, 2.05) is 35.6 Å². The van der Waals surface area contributed by atoms with Gasteiger partial charge in [-0.05, 0) is 182 Å². The van der Waals surface area contributed by atoms with Crippen molar-refractivity contribution in [1.82, 2.24) is 43.6 Å². The molecule has 0 N–H and O–H groups in total. The molecule has 18 aromatic carbocycles. The molecule has 0 fully saturated rings. The highest BCUT2D eigenvalue weighted by molar-refractivity contribution is 7.25. The molecule has 26 aromatic rings. The van der Waals surface area contributed by atoms with Gasteiger partial charge in [0.15, 0.2) is 17.5 Å². The molecule has 0 radical (unpaired) electrons. The van der Waals surface area contributed by atoms with Crippen molar-refractivity contribution < 1.29 is 4.42 Å². The number of aromatic nitrogens is 9. The minimum Gasteiger partial charge on any atom is -0.456 e. The predicted octanol–water partition coefficient (Wildman–Crippen LogP) is 29.2. The monoisotopic (exact) mass is 1580 g/mol. The normalized spacial score (nSPS) is 12.6. The Morgan fingerprint density at radius 3 is 1.07 bits per heavy atom. The highest BCUT2D eigenvalue weighted by Gasteiger charge is 2.36. The first-order valence-corrected chi connectivity index (χ1v) is 42.2. The maximum Gasteiger partial charge on any atom is 0.162 e. The SMILES string of the molecule is CC1(C)c2ccccc2-c2ccc(-c3nc(-n4c5ccccc5c5cc6ccccc6cc54)c4ccccc4n3)cc21.c1ccc2cc3c(cc2c1)c1ccccc1n3-c1nc(-c2ccc3c(c2)oc2ccccc23)nc2ccccc12.c1ccc2cc3c(cc2c1)c1ccccc1n3-c1nc(-c2ccc3c(c2)sc2ccccc23)nc2ccccc12. The molecule has 0 spiro atoms. The minimum atomic E-state index is -0.0878. The van der Waals surface area contributed by atoms with Crippen LogP contribution in [0.3, 0.4) is 0 Å². The van der Waals surface area contributed by atoms with Crippen LogP contribution >= 0.6 is 11.3 Å². The summed E-state index contributed by atoms with van der Waals surface area (Å²) in [6.07, 6.45) is 0. The van der Waals surface area contributed by atoms with Crippen LogP contribution in [0.1, 0.15) is 25.0 Å². The van der Waals surface area contributed by atoms with Gasteiger partial charge < -0.3 is 4.42 Å². The van der Waals surface area contributed by atoms with Crippen LogP contribution in [0.5, 0.6) is 0 Å². The van der Waals surface area contributed by atoms with Gasteiger partial charge in [0, 0.05) is 102 Å². The molecular formula is C111H69N9OS. The lowest BCUT2D eigenvalue weighted by Crippen LogP contribution is -2.15. The fourth-order valence-electron chi connectivity index (χ4n) is 19.3. The molecule has 0 unspecified atom stereocenters. The summed E-state index contributed by atoms with van der Waals surface area (Å²) in [4.78, 5) is 31.2. The summed E-state index contributed by atoms with van der Waals surface area (Å²) in [5, 5.41) is 22.5. The molecule has 0 bridgehead atoms. The standard InChI is InChI=1S/C39H27N3.C36H21N3O.C36H21N3S/c1-39(2)32-16-8-5-13-27(32)28-20-19-26(22-33(28)39)37-40-34-17-9-6-15-30(34)38(41-37)42-35-18-10-7-14-29(35)31-21-24-11-3-4-12-25(24)23-36(31)42;2*1-2-10-23-20-32-29(19-22(23)9-1)25-11-4-7-15-31(25)39(32)36-28-13-3-6-14-30(28)37-35(38-36)24-17-18-27-26-12-5-8-16-33(26)40-34(27)21-24/h3-23H,1-2H3;2*1-21H. The first-order chi connectivity index (χ1) is 60.2. The molecule has 1 aliphatic rings. The van der Waals surface area contributed by atoms with E-state index < -0.39 is 0 Å². The number of benzene rings is 18. The number of fused-ring (bicyclic) bond motifs is 24. The zero-order valence-corrected chi connectivity index (χ0v) is 67.0. The Labute approximate surface area is 702 Å². The quantitative estimate of drug-likeness (QED) is 0.163. The molecule has 10 nitrogen and oxygen atoms in total. The molecule has 11 heteroatoms.